The number of ether oxygens (including phenoxy) is 2. The Morgan fingerprint density at radius 1 is 1.09 bits per heavy atom. The van der Waals surface area contributed by atoms with Crippen LogP contribution < -0.4 is 16.0 Å². The molecule has 182 valence electrons. The number of nitrogens with one attached hydrogen (secondary N) is 1. The van der Waals surface area contributed by atoms with Gasteiger partial charge in [0, 0.05) is 16.7 Å². The number of para-hydroxylation sites is 1. The predicted molar refractivity (Wildman–Crippen MR) is 132 cm³/mol. The van der Waals surface area contributed by atoms with Gasteiger partial charge in [-0.05, 0) is 38.0 Å². The van der Waals surface area contributed by atoms with Crippen molar-refractivity contribution in [2.24, 2.45) is 5.73 Å². The van der Waals surface area contributed by atoms with Crippen molar-refractivity contribution in [2.75, 3.05) is 30.4 Å². The Balaban J connectivity index is 1.85. The van der Waals surface area contributed by atoms with Crippen LogP contribution in [0.5, 0.6) is 0 Å². The number of carbonyl (C=O) groups is 3. The first-order chi connectivity index (χ1) is 16.4. The summed E-state index contributed by atoms with van der Waals surface area (Å²) in [6.07, 6.45) is 0.429. The second kappa shape index (κ2) is 12.5. The van der Waals surface area contributed by atoms with Crippen molar-refractivity contribution < 1.29 is 23.9 Å². The molecule has 0 bridgehead atoms. The maximum Gasteiger partial charge on any atom is 0.326 e. The predicted octanol–water partition coefficient (Wildman–Crippen LogP) is 2.15. The average Bonchev–Trinajstić information content (AvgIpc) is 2.95. The van der Waals surface area contributed by atoms with Gasteiger partial charge < -0.3 is 15.2 Å². The van der Waals surface area contributed by atoms with E-state index < -0.39 is 30.1 Å². The Labute approximate surface area is 204 Å². The Morgan fingerprint density at radius 2 is 1.76 bits per heavy atom. The molecular formula is C25H31N3O5S. The van der Waals surface area contributed by atoms with Gasteiger partial charge in [-0.15, -0.1) is 11.8 Å². The second-order valence-electron chi connectivity index (χ2n) is 7.81. The normalized spacial score (nSPS) is 17.3. The minimum absolute atomic E-state index is 0.197. The molecule has 8 nitrogen and oxygen atoms in total. The van der Waals surface area contributed by atoms with Crippen LogP contribution in [-0.4, -0.2) is 61.5 Å². The number of fused-ring (bicyclic) bond motifs is 1. The summed E-state index contributed by atoms with van der Waals surface area (Å²) in [4.78, 5) is 41.0. The first-order valence-corrected chi connectivity index (χ1v) is 12.3. The van der Waals surface area contributed by atoms with Gasteiger partial charge in [-0.25, -0.2) is 0 Å². The molecule has 0 aliphatic carbocycles. The lowest BCUT2D eigenvalue weighted by atomic mass is 9.99. The van der Waals surface area contributed by atoms with Crippen molar-refractivity contribution >= 4 is 35.3 Å². The Kier molecular flexibility index (Phi) is 9.50. The van der Waals surface area contributed by atoms with E-state index >= 15 is 0 Å². The van der Waals surface area contributed by atoms with Crippen molar-refractivity contribution in [3.63, 3.8) is 0 Å². The number of hydrogen-bond acceptors (Lipinski definition) is 8. The molecule has 0 saturated heterocycles. The molecule has 2 aromatic rings. The van der Waals surface area contributed by atoms with Crippen LogP contribution in [0.3, 0.4) is 0 Å². The lowest BCUT2D eigenvalue weighted by molar-refractivity contribution is -0.147. The van der Waals surface area contributed by atoms with E-state index in [0.717, 1.165) is 10.5 Å². The Morgan fingerprint density at radius 3 is 2.47 bits per heavy atom. The minimum Gasteiger partial charge on any atom is -0.465 e. The molecule has 0 saturated carbocycles. The van der Waals surface area contributed by atoms with Crippen molar-refractivity contribution in [1.29, 1.82) is 0 Å². The van der Waals surface area contributed by atoms with E-state index in [1.54, 1.807) is 19.9 Å². The summed E-state index contributed by atoms with van der Waals surface area (Å²) in [5.74, 6) is -0.975. The fourth-order valence-electron chi connectivity index (χ4n) is 3.79. The standard InChI is InChI=1S/C25H31N3O5S/c1-3-32-22(29)15-28-20-12-8-9-13-21(20)34-16-19(24(28)30)27-23(25(31)33-4-2)18(26)14-17-10-6-5-7-11-17/h5-13,18-19,23,27H,3-4,14-16,26H2,1-2H3. The molecule has 0 spiro atoms. The van der Waals surface area contributed by atoms with Gasteiger partial charge in [0.15, 0.2) is 0 Å². The monoisotopic (exact) mass is 485 g/mol. The summed E-state index contributed by atoms with van der Waals surface area (Å²) >= 11 is 1.48. The first kappa shape index (κ1) is 25.7. The summed E-state index contributed by atoms with van der Waals surface area (Å²) in [5.41, 5.74) is 8.06. The van der Waals surface area contributed by atoms with E-state index in [9.17, 15) is 14.4 Å². The van der Waals surface area contributed by atoms with Gasteiger partial charge in [0.1, 0.15) is 12.6 Å². The molecule has 34 heavy (non-hydrogen) atoms. The highest BCUT2D eigenvalue weighted by molar-refractivity contribution is 7.99. The Bertz CT molecular complexity index is 988. The van der Waals surface area contributed by atoms with Crippen molar-refractivity contribution in [3.05, 3.63) is 60.2 Å². The molecule has 1 heterocycles. The number of amides is 1. The van der Waals surface area contributed by atoms with Crippen LogP contribution in [0.2, 0.25) is 0 Å². The van der Waals surface area contributed by atoms with Crippen LogP contribution >= 0.6 is 11.8 Å². The quantitative estimate of drug-likeness (QED) is 0.493. The molecule has 0 aromatic heterocycles. The molecule has 3 N–H and O–H groups in total. The smallest absolute Gasteiger partial charge is 0.326 e. The molecule has 1 aliphatic heterocycles. The molecule has 9 heteroatoms. The van der Waals surface area contributed by atoms with Gasteiger partial charge in [0.2, 0.25) is 5.91 Å². The number of hydrogen-bond donors (Lipinski definition) is 2. The first-order valence-electron chi connectivity index (χ1n) is 11.4. The van der Waals surface area contributed by atoms with Crippen LogP contribution in [0.4, 0.5) is 5.69 Å². The van der Waals surface area contributed by atoms with Crippen molar-refractivity contribution in [2.45, 2.75) is 43.3 Å². The van der Waals surface area contributed by atoms with Crippen LogP contribution in [0, 0.1) is 0 Å². The number of anilines is 1. The van der Waals surface area contributed by atoms with Gasteiger partial charge in [-0.3, -0.25) is 24.6 Å². The highest BCUT2D eigenvalue weighted by Gasteiger charge is 2.37. The number of nitrogens with two attached hydrogens (primary N) is 1. The van der Waals surface area contributed by atoms with Crippen molar-refractivity contribution in [3.8, 4) is 0 Å². The molecular weight excluding hydrogens is 454 g/mol. The van der Waals surface area contributed by atoms with Gasteiger partial charge in [-0.2, -0.15) is 0 Å². The fraction of sp³-hybridized carbons (Fsp3) is 0.400. The molecule has 1 amide bonds. The van der Waals surface area contributed by atoms with E-state index in [1.807, 2.05) is 48.5 Å². The zero-order chi connectivity index (χ0) is 24.5. The van der Waals surface area contributed by atoms with E-state index in [4.69, 9.17) is 15.2 Å². The number of benzene rings is 2. The molecule has 3 rings (SSSR count). The largest absolute Gasteiger partial charge is 0.465 e. The van der Waals surface area contributed by atoms with Crippen LogP contribution in [0.15, 0.2) is 59.5 Å². The third kappa shape index (κ3) is 6.59. The fourth-order valence-corrected chi connectivity index (χ4v) is 4.88. The molecule has 3 unspecified atom stereocenters. The molecule has 0 radical (unpaired) electrons. The van der Waals surface area contributed by atoms with Gasteiger partial charge >= 0.3 is 11.9 Å². The zero-order valence-electron chi connectivity index (χ0n) is 19.4. The maximum absolute atomic E-state index is 13.6. The number of rotatable bonds is 10. The summed E-state index contributed by atoms with van der Waals surface area (Å²) in [6.45, 7) is 3.64. The SMILES string of the molecule is CCOC(=O)CN1C(=O)C(NC(C(=O)OCC)C(N)Cc2ccccc2)CSc2ccccc21. The van der Waals surface area contributed by atoms with Crippen LogP contribution in [0.25, 0.3) is 0 Å². The number of thioether (sulfide) groups is 1. The summed E-state index contributed by atoms with van der Waals surface area (Å²) in [7, 11) is 0. The molecule has 3 atom stereocenters. The van der Waals surface area contributed by atoms with E-state index in [2.05, 4.69) is 5.32 Å². The topological polar surface area (TPSA) is 111 Å². The highest BCUT2D eigenvalue weighted by atomic mass is 32.2. The summed E-state index contributed by atoms with van der Waals surface area (Å²) < 4.78 is 10.4. The summed E-state index contributed by atoms with van der Waals surface area (Å²) in [5, 5.41) is 3.16. The lowest BCUT2D eigenvalue weighted by Gasteiger charge is -2.29. The average molecular weight is 486 g/mol. The zero-order valence-corrected chi connectivity index (χ0v) is 20.3. The van der Waals surface area contributed by atoms with Crippen molar-refractivity contribution in [1.82, 2.24) is 5.32 Å². The van der Waals surface area contributed by atoms with Crippen LogP contribution in [0.1, 0.15) is 19.4 Å². The number of nitrogens with zero attached hydrogens (tertiary/aromatic N) is 1. The Hall–Kier alpha value is -2.88. The third-order valence-corrected chi connectivity index (χ3v) is 6.54. The van der Waals surface area contributed by atoms with Gasteiger partial charge in [0.25, 0.3) is 0 Å². The number of esters is 2. The second-order valence-corrected chi connectivity index (χ2v) is 8.87. The molecule has 0 fully saturated rings. The summed E-state index contributed by atoms with van der Waals surface area (Å²) in [6, 6.07) is 14.7. The van der Waals surface area contributed by atoms with Crippen LogP contribution in [-0.2, 0) is 30.3 Å². The van der Waals surface area contributed by atoms with E-state index in [1.165, 1.54) is 16.7 Å². The molecule has 1 aliphatic rings. The maximum atomic E-state index is 13.6. The lowest BCUT2D eigenvalue weighted by Crippen LogP contribution is -2.59. The van der Waals surface area contributed by atoms with E-state index in [-0.39, 0.29) is 25.7 Å². The third-order valence-electron chi connectivity index (χ3n) is 5.38. The van der Waals surface area contributed by atoms with Gasteiger partial charge in [-0.1, -0.05) is 42.5 Å². The molecule has 2 aromatic carbocycles. The highest BCUT2D eigenvalue weighted by Crippen LogP contribution is 2.34. The minimum atomic E-state index is -0.902. The van der Waals surface area contributed by atoms with Gasteiger partial charge in [0.05, 0.1) is 24.9 Å². The van der Waals surface area contributed by atoms with E-state index in [0.29, 0.717) is 17.9 Å². The number of carbonyl (C=O) groups excluding carboxylic acids is 3.